The van der Waals surface area contributed by atoms with Gasteiger partial charge in [0.15, 0.2) is 0 Å². The molecule has 0 saturated carbocycles. The molecule has 7 nitrogen and oxygen atoms in total. The predicted octanol–water partition coefficient (Wildman–Crippen LogP) is 4.25. The Morgan fingerprint density at radius 2 is 1.85 bits per heavy atom. The molecule has 0 amide bonds. The Bertz CT molecular complexity index is 1210. The molecule has 2 aromatic heterocycles. The molecule has 8 heteroatoms. The number of aromatic nitrogens is 3. The van der Waals surface area contributed by atoms with Crippen LogP contribution in [0.2, 0.25) is 0 Å². The first-order valence-electron chi connectivity index (χ1n) is 11.2. The van der Waals surface area contributed by atoms with E-state index in [-0.39, 0.29) is 0 Å². The number of anilines is 1. The molecule has 3 heterocycles. The Labute approximate surface area is 197 Å². The number of para-hydroxylation sites is 1. The molecule has 0 aliphatic carbocycles. The topological polar surface area (TPSA) is 72.4 Å². The van der Waals surface area contributed by atoms with Gasteiger partial charge in [-0.1, -0.05) is 12.1 Å². The second-order valence-electron chi connectivity index (χ2n) is 7.93. The number of morpholine rings is 1. The van der Waals surface area contributed by atoms with E-state index in [1.54, 1.807) is 18.4 Å². The summed E-state index contributed by atoms with van der Waals surface area (Å²) in [6.45, 7) is 4.86. The SMILES string of the molecule is COc1ccc(-c2csc(CCNc3nc(CN4CCOCC4)nc4ccccc34)n2)cc1. The zero-order chi connectivity index (χ0) is 22.5. The minimum Gasteiger partial charge on any atom is -0.497 e. The summed E-state index contributed by atoms with van der Waals surface area (Å²) in [6, 6.07) is 16.2. The van der Waals surface area contributed by atoms with E-state index in [4.69, 9.17) is 24.4 Å². The number of methoxy groups -OCH3 is 1. The first kappa shape index (κ1) is 21.8. The number of rotatable bonds is 8. The highest BCUT2D eigenvalue weighted by Crippen LogP contribution is 2.25. The number of nitrogens with zero attached hydrogens (tertiary/aromatic N) is 4. The molecule has 1 aliphatic heterocycles. The summed E-state index contributed by atoms with van der Waals surface area (Å²) < 4.78 is 10.7. The Hall–Kier alpha value is -3.07. The molecule has 1 N–H and O–H groups in total. The zero-order valence-electron chi connectivity index (χ0n) is 18.7. The highest BCUT2D eigenvalue weighted by atomic mass is 32.1. The van der Waals surface area contributed by atoms with Gasteiger partial charge in [-0.05, 0) is 36.4 Å². The van der Waals surface area contributed by atoms with E-state index in [0.29, 0.717) is 0 Å². The lowest BCUT2D eigenvalue weighted by Crippen LogP contribution is -2.36. The molecule has 5 rings (SSSR count). The Balaban J connectivity index is 1.26. The van der Waals surface area contributed by atoms with Gasteiger partial charge < -0.3 is 14.8 Å². The van der Waals surface area contributed by atoms with Crippen molar-refractivity contribution in [2.24, 2.45) is 0 Å². The summed E-state index contributed by atoms with van der Waals surface area (Å²) in [4.78, 5) is 16.8. The molecule has 33 heavy (non-hydrogen) atoms. The van der Waals surface area contributed by atoms with E-state index >= 15 is 0 Å². The van der Waals surface area contributed by atoms with Gasteiger partial charge in [-0.3, -0.25) is 4.90 Å². The van der Waals surface area contributed by atoms with Gasteiger partial charge >= 0.3 is 0 Å². The molecule has 170 valence electrons. The van der Waals surface area contributed by atoms with Crippen molar-refractivity contribution < 1.29 is 9.47 Å². The molecule has 0 atom stereocenters. The summed E-state index contributed by atoms with van der Waals surface area (Å²) in [5.74, 6) is 2.58. The molecule has 0 spiro atoms. The third-order valence-electron chi connectivity index (χ3n) is 5.69. The normalized spacial score (nSPS) is 14.5. The van der Waals surface area contributed by atoms with E-state index in [0.717, 1.165) is 90.4 Å². The van der Waals surface area contributed by atoms with Crippen molar-refractivity contribution >= 4 is 28.1 Å². The average Bonchev–Trinajstić information content (AvgIpc) is 3.34. The number of ether oxygens (including phenoxy) is 2. The summed E-state index contributed by atoms with van der Waals surface area (Å²) in [6.07, 6.45) is 0.831. The average molecular weight is 462 g/mol. The fraction of sp³-hybridized carbons (Fsp3) is 0.320. The maximum atomic E-state index is 5.46. The van der Waals surface area contributed by atoms with E-state index in [1.807, 2.05) is 42.5 Å². The number of hydrogen-bond donors (Lipinski definition) is 1. The molecular weight excluding hydrogens is 434 g/mol. The van der Waals surface area contributed by atoms with Crippen molar-refractivity contribution in [1.82, 2.24) is 19.9 Å². The van der Waals surface area contributed by atoms with Crippen molar-refractivity contribution in [3.05, 3.63) is 64.7 Å². The summed E-state index contributed by atoms with van der Waals surface area (Å²) in [5, 5.41) is 7.78. The first-order valence-corrected chi connectivity index (χ1v) is 12.0. The van der Waals surface area contributed by atoms with Crippen LogP contribution in [0.15, 0.2) is 53.9 Å². The van der Waals surface area contributed by atoms with Gasteiger partial charge in [0.2, 0.25) is 0 Å². The highest BCUT2D eigenvalue weighted by molar-refractivity contribution is 7.09. The molecule has 0 unspecified atom stereocenters. The fourth-order valence-electron chi connectivity index (χ4n) is 3.90. The van der Waals surface area contributed by atoms with Crippen molar-refractivity contribution in [3.8, 4) is 17.0 Å². The van der Waals surface area contributed by atoms with E-state index in [2.05, 4.69) is 21.7 Å². The van der Waals surface area contributed by atoms with Crippen LogP contribution in [-0.4, -0.2) is 59.8 Å². The Morgan fingerprint density at radius 3 is 2.67 bits per heavy atom. The van der Waals surface area contributed by atoms with Crippen LogP contribution in [0, 0.1) is 0 Å². The number of benzene rings is 2. The maximum absolute atomic E-state index is 5.46. The number of hydrogen-bond acceptors (Lipinski definition) is 8. The van der Waals surface area contributed by atoms with Crippen LogP contribution < -0.4 is 10.1 Å². The number of fused-ring (bicyclic) bond motifs is 1. The summed E-state index contributed by atoms with van der Waals surface area (Å²) >= 11 is 1.69. The van der Waals surface area contributed by atoms with Crippen LogP contribution in [0.1, 0.15) is 10.8 Å². The lowest BCUT2D eigenvalue weighted by atomic mass is 10.2. The van der Waals surface area contributed by atoms with Gasteiger partial charge in [0.25, 0.3) is 0 Å². The van der Waals surface area contributed by atoms with Gasteiger partial charge in [0.1, 0.15) is 17.4 Å². The highest BCUT2D eigenvalue weighted by Gasteiger charge is 2.14. The smallest absolute Gasteiger partial charge is 0.145 e. The van der Waals surface area contributed by atoms with Crippen molar-refractivity contribution in [2.75, 3.05) is 45.3 Å². The lowest BCUT2D eigenvalue weighted by Gasteiger charge is -2.26. The summed E-state index contributed by atoms with van der Waals surface area (Å²) in [7, 11) is 1.68. The molecule has 1 saturated heterocycles. The monoisotopic (exact) mass is 461 g/mol. The van der Waals surface area contributed by atoms with Crippen LogP contribution in [0.4, 0.5) is 5.82 Å². The van der Waals surface area contributed by atoms with Crippen LogP contribution in [-0.2, 0) is 17.7 Å². The minimum atomic E-state index is 0.737. The zero-order valence-corrected chi connectivity index (χ0v) is 19.5. The first-order chi connectivity index (χ1) is 16.3. The number of nitrogens with one attached hydrogen (secondary N) is 1. The fourth-order valence-corrected chi connectivity index (χ4v) is 4.70. The predicted molar refractivity (Wildman–Crippen MR) is 132 cm³/mol. The van der Waals surface area contributed by atoms with Gasteiger partial charge in [0.05, 0.1) is 43.1 Å². The van der Waals surface area contributed by atoms with E-state index in [9.17, 15) is 0 Å². The van der Waals surface area contributed by atoms with Crippen LogP contribution in [0.25, 0.3) is 22.2 Å². The second kappa shape index (κ2) is 10.2. The summed E-state index contributed by atoms with van der Waals surface area (Å²) in [5.41, 5.74) is 3.06. The van der Waals surface area contributed by atoms with Crippen molar-refractivity contribution in [2.45, 2.75) is 13.0 Å². The van der Waals surface area contributed by atoms with E-state index in [1.165, 1.54) is 0 Å². The molecule has 1 aliphatic rings. The molecule has 0 radical (unpaired) electrons. The molecule has 1 fully saturated rings. The molecule has 4 aromatic rings. The lowest BCUT2D eigenvalue weighted by molar-refractivity contribution is 0.0331. The Morgan fingerprint density at radius 1 is 1.03 bits per heavy atom. The largest absolute Gasteiger partial charge is 0.497 e. The molecule has 0 bridgehead atoms. The quantitative estimate of drug-likeness (QED) is 0.421. The molecule has 2 aromatic carbocycles. The van der Waals surface area contributed by atoms with Crippen LogP contribution in [0.5, 0.6) is 5.75 Å². The van der Waals surface area contributed by atoms with Gasteiger partial charge in [0, 0.05) is 42.4 Å². The van der Waals surface area contributed by atoms with Gasteiger partial charge in [-0.25, -0.2) is 15.0 Å². The van der Waals surface area contributed by atoms with Crippen molar-refractivity contribution in [3.63, 3.8) is 0 Å². The van der Waals surface area contributed by atoms with Crippen LogP contribution >= 0.6 is 11.3 Å². The Kier molecular flexibility index (Phi) is 6.76. The minimum absolute atomic E-state index is 0.737. The second-order valence-corrected chi connectivity index (χ2v) is 8.87. The maximum Gasteiger partial charge on any atom is 0.145 e. The third-order valence-corrected chi connectivity index (χ3v) is 6.60. The number of thiazole rings is 1. The van der Waals surface area contributed by atoms with Crippen LogP contribution in [0.3, 0.4) is 0 Å². The van der Waals surface area contributed by atoms with Gasteiger partial charge in [-0.15, -0.1) is 11.3 Å². The third kappa shape index (κ3) is 5.30. The standard InChI is InChI=1S/C25H27N5O2S/c1-31-19-8-6-18(7-9-19)22-17-33-24(28-22)10-11-26-25-20-4-2-3-5-21(20)27-23(29-25)16-30-12-14-32-15-13-30/h2-9,17H,10-16H2,1H3,(H,26,27,29). The van der Waals surface area contributed by atoms with Gasteiger partial charge in [-0.2, -0.15) is 0 Å². The van der Waals surface area contributed by atoms with Crippen molar-refractivity contribution in [1.29, 1.82) is 0 Å². The molecular formula is C25H27N5O2S. The van der Waals surface area contributed by atoms with E-state index < -0.39 is 0 Å².